The van der Waals surface area contributed by atoms with Gasteiger partial charge in [0.05, 0.1) is 12.1 Å². The number of hydrogen-bond acceptors (Lipinski definition) is 4. The molecule has 0 radical (unpaired) electrons. The van der Waals surface area contributed by atoms with Crippen LogP contribution in [0.4, 0.5) is 5.69 Å². The monoisotopic (exact) mass is 305 g/mol. The van der Waals surface area contributed by atoms with E-state index < -0.39 is 6.10 Å². The Morgan fingerprint density at radius 1 is 1.41 bits per heavy atom. The number of nitrogens with one attached hydrogen (secondary N) is 2. The predicted molar refractivity (Wildman–Crippen MR) is 85.0 cm³/mol. The molecule has 22 heavy (non-hydrogen) atoms. The average Bonchev–Trinajstić information content (AvgIpc) is 2.44. The highest BCUT2D eigenvalue weighted by atomic mass is 16.5. The minimum absolute atomic E-state index is 0.0289. The first-order chi connectivity index (χ1) is 10.5. The minimum Gasteiger partial charge on any atom is -0.478 e. The predicted octanol–water partition coefficient (Wildman–Crippen LogP) is 1.15. The van der Waals surface area contributed by atoms with Crippen LogP contribution in [0.2, 0.25) is 0 Å². The summed E-state index contributed by atoms with van der Waals surface area (Å²) in [4.78, 5) is 25.9. The van der Waals surface area contributed by atoms with Crippen molar-refractivity contribution in [2.75, 3.05) is 32.5 Å². The number of fused-ring (bicyclic) bond motifs is 1. The van der Waals surface area contributed by atoms with Crippen molar-refractivity contribution in [3.05, 3.63) is 23.8 Å². The Hall–Kier alpha value is -2.08. The average molecular weight is 305 g/mol. The molecule has 0 saturated heterocycles. The molecule has 2 amide bonds. The van der Waals surface area contributed by atoms with Crippen molar-refractivity contribution in [3.8, 4) is 5.75 Å². The highest BCUT2D eigenvalue weighted by molar-refractivity contribution is 6.00. The fraction of sp³-hybridized carbons (Fsp3) is 0.500. The summed E-state index contributed by atoms with van der Waals surface area (Å²) in [5.41, 5.74) is 1.70. The summed E-state index contributed by atoms with van der Waals surface area (Å²) in [6.45, 7) is 3.45. The van der Waals surface area contributed by atoms with Gasteiger partial charge in [0.25, 0.3) is 5.91 Å². The lowest BCUT2D eigenvalue weighted by atomic mass is 10.1. The third-order valence-electron chi connectivity index (χ3n) is 3.43. The lowest BCUT2D eigenvalue weighted by molar-refractivity contribution is -0.130. The molecule has 6 heteroatoms. The summed E-state index contributed by atoms with van der Waals surface area (Å²) in [6.07, 6.45) is 0.128. The van der Waals surface area contributed by atoms with E-state index in [4.69, 9.17) is 4.74 Å². The van der Waals surface area contributed by atoms with Crippen LogP contribution in [0.1, 0.15) is 18.4 Å². The van der Waals surface area contributed by atoms with E-state index in [9.17, 15) is 9.59 Å². The molecule has 0 fully saturated rings. The Labute approximate surface area is 130 Å². The summed E-state index contributed by atoms with van der Waals surface area (Å²) < 4.78 is 5.63. The van der Waals surface area contributed by atoms with Crippen LogP contribution in [0.5, 0.6) is 5.75 Å². The number of carbonyl (C=O) groups excluding carboxylic acids is 2. The summed E-state index contributed by atoms with van der Waals surface area (Å²) in [6, 6.07) is 5.57. The number of benzene rings is 1. The van der Waals surface area contributed by atoms with Gasteiger partial charge in [-0.05, 0) is 51.7 Å². The van der Waals surface area contributed by atoms with Crippen LogP contribution in [0.3, 0.4) is 0 Å². The van der Waals surface area contributed by atoms with Crippen molar-refractivity contribution in [2.24, 2.45) is 0 Å². The zero-order chi connectivity index (χ0) is 16.1. The maximum atomic E-state index is 12.0. The molecule has 0 bridgehead atoms. The zero-order valence-electron chi connectivity index (χ0n) is 13.3. The number of anilines is 1. The van der Waals surface area contributed by atoms with E-state index in [0.717, 1.165) is 18.5 Å². The van der Waals surface area contributed by atoms with Gasteiger partial charge in [-0.15, -0.1) is 0 Å². The molecule has 120 valence electrons. The van der Waals surface area contributed by atoms with Crippen molar-refractivity contribution in [1.82, 2.24) is 10.2 Å². The Kier molecular flexibility index (Phi) is 5.38. The van der Waals surface area contributed by atoms with E-state index in [-0.39, 0.29) is 18.2 Å². The zero-order valence-corrected chi connectivity index (χ0v) is 13.3. The van der Waals surface area contributed by atoms with Gasteiger partial charge in [-0.1, -0.05) is 6.07 Å². The first kappa shape index (κ1) is 16.3. The first-order valence-electron chi connectivity index (χ1n) is 7.45. The van der Waals surface area contributed by atoms with Gasteiger partial charge in [0, 0.05) is 6.54 Å². The first-order valence-corrected chi connectivity index (χ1v) is 7.45. The number of rotatable bonds is 6. The molecule has 0 saturated carbocycles. The Balaban J connectivity index is 1.84. The van der Waals surface area contributed by atoms with Gasteiger partial charge >= 0.3 is 0 Å². The van der Waals surface area contributed by atoms with Crippen molar-refractivity contribution >= 4 is 17.5 Å². The normalized spacial score (nSPS) is 16.7. The molecule has 1 heterocycles. The van der Waals surface area contributed by atoms with E-state index in [2.05, 4.69) is 15.5 Å². The SMILES string of the molecule is Cc1ccc2c(c1)NC(=O)C(CC(=O)NCCCN(C)C)O2. The molecule has 1 aromatic carbocycles. The van der Waals surface area contributed by atoms with Crippen LogP contribution in [0.15, 0.2) is 18.2 Å². The van der Waals surface area contributed by atoms with Crippen LogP contribution >= 0.6 is 0 Å². The second kappa shape index (κ2) is 7.26. The van der Waals surface area contributed by atoms with Crippen LogP contribution in [-0.4, -0.2) is 50.0 Å². The van der Waals surface area contributed by atoms with Gasteiger partial charge < -0.3 is 20.3 Å². The standard InChI is InChI=1S/C16H23N3O3/c1-11-5-6-13-12(9-11)18-16(21)14(22-13)10-15(20)17-7-4-8-19(2)3/h5-6,9,14H,4,7-8,10H2,1-3H3,(H,17,20)(H,18,21). The van der Waals surface area contributed by atoms with Gasteiger partial charge in [0.1, 0.15) is 5.75 Å². The molecule has 1 unspecified atom stereocenters. The van der Waals surface area contributed by atoms with Gasteiger partial charge in [0.2, 0.25) is 5.91 Å². The number of ether oxygens (including phenoxy) is 1. The van der Waals surface area contributed by atoms with Crippen molar-refractivity contribution in [3.63, 3.8) is 0 Å². The lowest BCUT2D eigenvalue weighted by Crippen LogP contribution is -2.41. The second-order valence-electron chi connectivity index (χ2n) is 5.81. The van der Waals surface area contributed by atoms with Crippen molar-refractivity contribution < 1.29 is 14.3 Å². The molecule has 2 N–H and O–H groups in total. The van der Waals surface area contributed by atoms with Crippen LogP contribution in [0.25, 0.3) is 0 Å². The smallest absolute Gasteiger partial charge is 0.266 e. The number of aryl methyl sites for hydroxylation is 1. The topological polar surface area (TPSA) is 70.7 Å². The fourth-order valence-electron chi connectivity index (χ4n) is 2.26. The third-order valence-corrected chi connectivity index (χ3v) is 3.43. The Morgan fingerprint density at radius 2 is 2.18 bits per heavy atom. The Morgan fingerprint density at radius 3 is 2.91 bits per heavy atom. The lowest BCUT2D eigenvalue weighted by Gasteiger charge is -2.25. The highest BCUT2D eigenvalue weighted by Crippen LogP contribution is 2.30. The van der Waals surface area contributed by atoms with Gasteiger partial charge in [-0.2, -0.15) is 0 Å². The molecule has 1 aliphatic rings. The quantitative estimate of drug-likeness (QED) is 0.774. The van der Waals surface area contributed by atoms with Crippen molar-refractivity contribution in [2.45, 2.75) is 25.9 Å². The maximum absolute atomic E-state index is 12.0. The van der Waals surface area contributed by atoms with Gasteiger partial charge in [-0.25, -0.2) is 0 Å². The molecule has 6 nitrogen and oxygen atoms in total. The minimum atomic E-state index is -0.774. The number of nitrogens with zero attached hydrogens (tertiary/aromatic N) is 1. The molecule has 1 aromatic rings. The maximum Gasteiger partial charge on any atom is 0.266 e. The van der Waals surface area contributed by atoms with Crippen LogP contribution < -0.4 is 15.4 Å². The molecular formula is C16H23N3O3. The van der Waals surface area contributed by atoms with Crippen molar-refractivity contribution in [1.29, 1.82) is 0 Å². The summed E-state index contributed by atoms with van der Waals surface area (Å²) in [7, 11) is 3.97. The molecule has 0 aromatic heterocycles. The van der Waals surface area contributed by atoms with Gasteiger partial charge in [0.15, 0.2) is 6.10 Å². The molecule has 2 rings (SSSR count). The Bertz CT molecular complexity index is 558. The number of amides is 2. The van der Waals surface area contributed by atoms with E-state index in [1.807, 2.05) is 39.2 Å². The highest BCUT2D eigenvalue weighted by Gasteiger charge is 2.29. The molecule has 0 spiro atoms. The van der Waals surface area contributed by atoms with E-state index in [1.54, 1.807) is 0 Å². The molecular weight excluding hydrogens is 282 g/mol. The number of hydrogen-bond donors (Lipinski definition) is 2. The molecule has 1 aliphatic heterocycles. The van der Waals surface area contributed by atoms with E-state index in [0.29, 0.717) is 18.0 Å². The second-order valence-corrected chi connectivity index (χ2v) is 5.81. The molecule has 0 aliphatic carbocycles. The van der Waals surface area contributed by atoms with Crippen LogP contribution in [0, 0.1) is 6.92 Å². The summed E-state index contributed by atoms with van der Waals surface area (Å²) in [5, 5.41) is 5.60. The summed E-state index contributed by atoms with van der Waals surface area (Å²) >= 11 is 0. The third kappa shape index (κ3) is 4.46. The van der Waals surface area contributed by atoms with Crippen LogP contribution in [-0.2, 0) is 9.59 Å². The largest absolute Gasteiger partial charge is 0.478 e. The number of carbonyl (C=O) groups is 2. The van der Waals surface area contributed by atoms with Gasteiger partial charge in [-0.3, -0.25) is 9.59 Å². The fourth-order valence-corrected chi connectivity index (χ4v) is 2.26. The van der Waals surface area contributed by atoms with E-state index >= 15 is 0 Å². The summed E-state index contributed by atoms with van der Waals surface area (Å²) in [5.74, 6) is 0.159. The molecule has 1 atom stereocenters. The van der Waals surface area contributed by atoms with E-state index in [1.165, 1.54) is 0 Å².